The van der Waals surface area contributed by atoms with Gasteiger partial charge in [-0.3, -0.25) is 4.90 Å². The standard InChI is InChI=1S/C25H29F3N2O/c1-30(16-15-19-11-13-21(14-12-19)20-7-3-2-4-8-20)18-29-17-22-9-5-6-10-23(22)31-25(28)24(26)27/h2-5,7-9,11-14,24-25,29H,6,10,15-18H2,1H3. The molecule has 0 saturated heterocycles. The van der Waals surface area contributed by atoms with Crippen LogP contribution in [0.3, 0.4) is 0 Å². The summed E-state index contributed by atoms with van der Waals surface area (Å²) in [5.41, 5.74) is 4.39. The third-order valence-electron chi connectivity index (χ3n) is 5.21. The first-order chi connectivity index (χ1) is 15.0. The highest BCUT2D eigenvalue weighted by Crippen LogP contribution is 2.23. The summed E-state index contributed by atoms with van der Waals surface area (Å²) in [4.78, 5) is 2.15. The predicted molar refractivity (Wildman–Crippen MR) is 118 cm³/mol. The molecule has 1 unspecified atom stereocenters. The fraction of sp³-hybridized carbons (Fsp3) is 0.360. The monoisotopic (exact) mass is 430 g/mol. The van der Waals surface area contributed by atoms with E-state index in [4.69, 9.17) is 4.74 Å². The lowest BCUT2D eigenvalue weighted by Crippen LogP contribution is -2.34. The predicted octanol–water partition coefficient (Wildman–Crippen LogP) is 5.56. The van der Waals surface area contributed by atoms with Gasteiger partial charge in [-0.1, -0.05) is 66.7 Å². The van der Waals surface area contributed by atoms with Crippen LogP contribution in [0.1, 0.15) is 18.4 Å². The number of ether oxygens (including phenoxy) is 1. The van der Waals surface area contributed by atoms with E-state index in [1.54, 1.807) is 0 Å². The van der Waals surface area contributed by atoms with Gasteiger partial charge in [0.2, 0.25) is 0 Å². The Kier molecular flexibility index (Phi) is 8.74. The van der Waals surface area contributed by atoms with Gasteiger partial charge in [0.05, 0.1) is 0 Å². The van der Waals surface area contributed by atoms with E-state index in [0.29, 0.717) is 31.8 Å². The van der Waals surface area contributed by atoms with E-state index in [9.17, 15) is 13.2 Å². The molecule has 1 aliphatic rings. The van der Waals surface area contributed by atoms with E-state index in [2.05, 4.69) is 46.6 Å². The van der Waals surface area contributed by atoms with Gasteiger partial charge < -0.3 is 10.1 Å². The fourth-order valence-electron chi connectivity index (χ4n) is 3.45. The summed E-state index contributed by atoms with van der Waals surface area (Å²) in [6.07, 6.45) is 0.0728. The second-order valence-corrected chi connectivity index (χ2v) is 7.67. The van der Waals surface area contributed by atoms with Crippen LogP contribution in [0, 0.1) is 0 Å². The Balaban J connectivity index is 1.43. The molecule has 2 aromatic rings. The van der Waals surface area contributed by atoms with E-state index in [1.807, 2.05) is 37.4 Å². The fourth-order valence-corrected chi connectivity index (χ4v) is 3.45. The van der Waals surface area contributed by atoms with Gasteiger partial charge >= 0.3 is 6.43 Å². The zero-order valence-electron chi connectivity index (χ0n) is 17.7. The molecule has 1 atom stereocenters. The minimum Gasteiger partial charge on any atom is -0.459 e. The number of alkyl halides is 3. The Bertz CT molecular complexity index is 866. The van der Waals surface area contributed by atoms with E-state index < -0.39 is 12.8 Å². The van der Waals surface area contributed by atoms with Crippen molar-refractivity contribution in [3.63, 3.8) is 0 Å². The molecule has 3 rings (SSSR count). The molecule has 31 heavy (non-hydrogen) atoms. The Morgan fingerprint density at radius 2 is 1.71 bits per heavy atom. The highest BCUT2D eigenvalue weighted by Gasteiger charge is 2.23. The van der Waals surface area contributed by atoms with Crippen molar-refractivity contribution in [2.75, 3.05) is 26.8 Å². The van der Waals surface area contributed by atoms with Crippen molar-refractivity contribution in [1.82, 2.24) is 10.2 Å². The molecule has 0 spiro atoms. The Hall–Kier alpha value is -2.57. The first kappa shape index (κ1) is 23.1. The SMILES string of the molecule is CN(CCc1ccc(-c2ccccc2)cc1)CNCC1=C(OC(F)C(F)F)CCC=C1. The molecule has 0 aromatic heterocycles. The summed E-state index contributed by atoms with van der Waals surface area (Å²) < 4.78 is 43.0. The van der Waals surface area contributed by atoms with Gasteiger partial charge in [0.1, 0.15) is 5.76 Å². The minimum atomic E-state index is -3.14. The summed E-state index contributed by atoms with van der Waals surface area (Å²) >= 11 is 0. The molecule has 3 nitrogen and oxygen atoms in total. The van der Waals surface area contributed by atoms with Gasteiger partial charge in [-0.25, -0.2) is 8.78 Å². The van der Waals surface area contributed by atoms with E-state index in [1.165, 1.54) is 16.7 Å². The molecule has 2 aromatic carbocycles. The van der Waals surface area contributed by atoms with Gasteiger partial charge in [0.15, 0.2) is 0 Å². The molecule has 0 bridgehead atoms. The zero-order valence-corrected chi connectivity index (χ0v) is 17.7. The first-order valence-electron chi connectivity index (χ1n) is 10.5. The number of hydrogen-bond donors (Lipinski definition) is 1. The van der Waals surface area contributed by atoms with Crippen molar-refractivity contribution in [3.05, 3.63) is 83.6 Å². The van der Waals surface area contributed by atoms with Gasteiger partial charge in [0, 0.05) is 31.8 Å². The average molecular weight is 431 g/mol. The second-order valence-electron chi connectivity index (χ2n) is 7.67. The lowest BCUT2D eigenvalue weighted by Gasteiger charge is -2.21. The molecule has 0 amide bonds. The smallest absolute Gasteiger partial charge is 0.304 e. The number of likely N-dealkylation sites (N-methyl/N-ethyl adjacent to an activating group) is 1. The zero-order chi connectivity index (χ0) is 22.1. The van der Waals surface area contributed by atoms with Crippen LogP contribution in [-0.2, 0) is 11.2 Å². The summed E-state index contributed by atoms with van der Waals surface area (Å²) in [7, 11) is 2.02. The van der Waals surface area contributed by atoms with Crippen LogP contribution in [0.25, 0.3) is 11.1 Å². The van der Waals surface area contributed by atoms with Crippen LogP contribution in [0.5, 0.6) is 0 Å². The van der Waals surface area contributed by atoms with E-state index >= 15 is 0 Å². The lowest BCUT2D eigenvalue weighted by molar-refractivity contribution is -0.104. The molecular weight excluding hydrogens is 401 g/mol. The first-order valence-corrected chi connectivity index (χ1v) is 10.5. The molecule has 6 heteroatoms. The third kappa shape index (κ3) is 7.26. The molecule has 0 heterocycles. The Labute approximate surface area is 182 Å². The highest BCUT2D eigenvalue weighted by molar-refractivity contribution is 5.63. The van der Waals surface area contributed by atoms with Gasteiger partial charge in [-0.15, -0.1) is 0 Å². The van der Waals surface area contributed by atoms with Crippen LogP contribution in [0.4, 0.5) is 13.2 Å². The number of benzene rings is 2. The number of allylic oxidation sites excluding steroid dienone is 2. The van der Waals surface area contributed by atoms with Crippen molar-refractivity contribution in [3.8, 4) is 11.1 Å². The summed E-state index contributed by atoms with van der Waals surface area (Å²) in [6, 6.07) is 18.9. The highest BCUT2D eigenvalue weighted by atomic mass is 19.3. The minimum absolute atomic E-state index is 0.309. The van der Waals surface area contributed by atoms with Crippen LogP contribution in [-0.4, -0.2) is 44.5 Å². The van der Waals surface area contributed by atoms with Crippen molar-refractivity contribution in [2.24, 2.45) is 0 Å². The Morgan fingerprint density at radius 1 is 1.00 bits per heavy atom. The average Bonchev–Trinajstić information content (AvgIpc) is 2.79. The number of hydrogen-bond acceptors (Lipinski definition) is 3. The molecule has 0 aliphatic heterocycles. The molecule has 1 N–H and O–H groups in total. The molecule has 0 radical (unpaired) electrons. The summed E-state index contributed by atoms with van der Waals surface area (Å²) in [5, 5.41) is 3.28. The van der Waals surface area contributed by atoms with Crippen LogP contribution < -0.4 is 5.32 Å². The molecular formula is C25H29F3N2O. The topological polar surface area (TPSA) is 24.5 Å². The molecule has 0 fully saturated rings. The maximum absolute atomic E-state index is 13.3. The quantitative estimate of drug-likeness (QED) is 0.473. The van der Waals surface area contributed by atoms with Gasteiger partial charge in [0.25, 0.3) is 6.36 Å². The third-order valence-corrected chi connectivity index (χ3v) is 5.21. The normalized spacial score (nSPS) is 15.0. The number of rotatable bonds is 11. The molecule has 166 valence electrons. The van der Waals surface area contributed by atoms with Crippen LogP contribution in [0.2, 0.25) is 0 Å². The largest absolute Gasteiger partial charge is 0.459 e. The second kappa shape index (κ2) is 11.7. The maximum Gasteiger partial charge on any atom is 0.304 e. The summed E-state index contributed by atoms with van der Waals surface area (Å²) in [5.74, 6) is 0.309. The molecule has 1 aliphatic carbocycles. The maximum atomic E-state index is 13.3. The number of nitrogens with one attached hydrogen (secondary N) is 1. The van der Waals surface area contributed by atoms with Crippen molar-refractivity contribution in [2.45, 2.75) is 32.0 Å². The van der Waals surface area contributed by atoms with Crippen LogP contribution in [0.15, 0.2) is 78.1 Å². The van der Waals surface area contributed by atoms with E-state index in [0.717, 1.165) is 18.5 Å². The lowest BCUT2D eigenvalue weighted by atomic mass is 10.0. The van der Waals surface area contributed by atoms with Gasteiger partial charge in [-0.05, 0) is 36.6 Å². The van der Waals surface area contributed by atoms with Gasteiger partial charge in [-0.2, -0.15) is 4.39 Å². The van der Waals surface area contributed by atoms with Crippen molar-refractivity contribution >= 4 is 0 Å². The summed E-state index contributed by atoms with van der Waals surface area (Å²) in [6.45, 7) is 1.94. The number of halogens is 3. The van der Waals surface area contributed by atoms with Crippen LogP contribution >= 0.6 is 0 Å². The van der Waals surface area contributed by atoms with Crippen molar-refractivity contribution in [1.29, 1.82) is 0 Å². The van der Waals surface area contributed by atoms with Crippen molar-refractivity contribution < 1.29 is 17.9 Å². The molecule has 0 saturated carbocycles. The number of nitrogens with zero attached hydrogens (tertiary/aromatic N) is 1. The van der Waals surface area contributed by atoms with E-state index in [-0.39, 0.29) is 0 Å². The Morgan fingerprint density at radius 3 is 2.42 bits per heavy atom.